The van der Waals surface area contributed by atoms with Gasteiger partial charge in [0.25, 0.3) is 0 Å². The van der Waals surface area contributed by atoms with Crippen molar-refractivity contribution in [3.05, 3.63) is 71.8 Å². The maximum atomic E-state index is 2.36. The van der Waals surface area contributed by atoms with Gasteiger partial charge in [0.2, 0.25) is 0 Å². The van der Waals surface area contributed by atoms with Crippen LogP contribution in [0.4, 0.5) is 0 Å². The van der Waals surface area contributed by atoms with Crippen molar-refractivity contribution in [3.63, 3.8) is 0 Å². The van der Waals surface area contributed by atoms with E-state index in [9.17, 15) is 0 Å². The molecule has 2 atom stereocenters. The van der Waals surface area contributed by atoms with E-state index in [-0.39, 0.29) is 0 Å². The van der Waals surface area contributed by atoms with E-state index in [1.54, 1.807) is 11.1 Å². The molecular weight excluding hydrogens is 252 g/mol. The lowest BCUT2D eigenvalue weighted by Crippen LogP contribution is -2.27. The fraction of sp³-hybridized carbons (Fsp3) is 0.429. The molecule has 0 heterocycles. The molecule has 0 bridgehead atoms. The van der Waals surface area contributed by atoms with Gasteiger partial charge < -0.3 is 0 Å². The van der Waals surface area contributed by atoms with Gasteiger partial charge in [-0.15, -0.1) is 0 Å². The summed E-state index contributed by atoms with van der Waals surface area (Å²) in [5.41, 5.74) is 3.69. The van der Waals surface area contributed by atoms with Crippen LogP contribution in [0.5, 0.6) is 0 Å². The van der Waals surface area contributed by atoms with Crippen LogP contribution in [0.2, 0.25) is 0 Å². The Hall–Kier alpha value is -1.56. The van der Waals surface area contributed by atoms with Crippen molar-refractivity contribution in [2.24, 2.45) is 5.41 Å². The first-order valence-electron chi connectivity index (χ1n) is 8.50. The third kappa shape index (κ3) is 2.12. The van der Waals surface area contributed by atoms with Crippen LogP contribution >= 0.6 is 0 Å². The maximum absolute atomic E-state index is 2.36. The predicted molar refractivity (Wildman–Crippen MR) is 88.5 cm³/mol. The number of rotatable bonds is 2. The van der Waals surface area contributed by atoms with Gasteiger partial charge in [0.05, 0.1) is 0 Å². The molecule has 0 saturated heterocycles. The predicted octanol–water partition coefficient (Wildman–Crippen LogP) is 5.91. The van der Waals surface area contributed by atoms with Crippen molar-refractivity contribution in [1.82, 2.24) is 0 Å². The number of hydrogen-bond acceptors (Lipinski definition) is 0. The number of hydrogen-bond donors (Lipinski definition) is 0. The molecule has 2 fully saturated rings. The molecule has 0 aromatic heterocycles. The molecule has 4 rings (SSSR count). The Morgan fingerprint density at radius 1 is 0.619 bits per heavy atom. The number of benzene rings is 2. The van der Waals surface area contributed by atoms with Crippen LogP contribution in [0, 0.1) is 5.41 Å². The van der Waals surface area contributed by atoms with Crippen molar-refractivity contribution < 1.29 is 0 Å². The summed E-state index contributed by atoms with van der Waals surface area (Å²) in [6.45, 7) is 0. The Morgan fingerprint density at radius 3 is 1.48 bits per heavy atom. The first-order chi connectivity index (χ1) is 10.4. The standard InChI is InChI=1S/C21H24/c1-3-9-17(10-4-1)19-13-7-15-21(19)16-8-14-20(21)18-11-5-2-6-12-18/h1-6,9-12,19-20H,7-8,13-16H2/t19-,20-,21?/m0/s1. The molecule has 0 N–H and O–H groups in total. The van der Waals surface area contributed by atoms with Crippen molar-refractivity contribution in [3.8, 4) is 0 Å². The average molecular weight is 276 g/mol. The molecule has 21 heavy (non-hydrogen) atoms. The lowest BCUT2D eigenvalue weighted by atomic mass is 9.65. The fourth-order valence-electron chi connectivity index (χ4n) is 5.28. The Labute approximate surface area is 128 Å². The molecular formula is C21H24. The third-order valence-corrected chi connectivity index (χ3v) is 6.06. The highest BCUT2D eigenvalue weighted by Crippen LogP contribution is 2.64. The second-order valence-electron chi connectivity index (χ2n) is 6.94. The minimum atomic E-state index is 0.530. The molecule has 0 radical (unpaired) electrons. The largest absolute Gasteiger partial charge is 0.0622 e. The second-order valence-corrected chi connectivity index (χ2v) is 6.94. The van der Waals surface area contributed by atoms with Crippen molar-refractivity contribution in [2.75, 3.05) is 0 Å². The molecule has 0 aliphatic heterocycles. The topological polar surface area (TPSA) is 0 Å². The zero-order valence-corrected chi connectivity index (χ0v) is 12.7. The van der Waals surface area contributed by atoms with Gasteiger partial charge >= 0.3 is 0 Å². The molecule has 2 aliphatic rings. The van der Waals surface area contributed by atoms with E-state index < -0.39 is 0 Å². The van der Waals surface area contributed by atoms with Crippen LogP contribution in [0.25, 0.3) is 0 Å². The average Bonchev–Trinajstić information content (AvgIpc) is 3.17. The van der Waals surface area contributed by atoms with Gasteiger partial charge in [-0.2, -0.15) is 0 Å². The van der Waals surface area contributed by atoms with E-state index >= 15 is 0 Å². The highest BCUT2D eigenvalue weighted by Gasteiger charge is 2.51. The quantitative estimate of drug-likeness (QED) is 0.639. The first kappa shape index (κ1) is 13.1. The molecule has 2 saturated carbocycles. The van der Waals surface area contributed by atoms with E-state index in [2.05, 4.69) is 60.7 Å². The summed E-state index contributed by atoms with van der Waals surface area (Å²) in [6, 6.07) is 22.6. The van der Waals surface area contributed by atoms with Crippen LogP contribution in [0.15, 0.2) is 60.7 Å². The molecule has 0 nitrogen and oxygen atoms in total. The zero-order chi connectivity index (χ0) is 14.1. The van der Waals surface area contributed by atoms with Gasteiger partial charge in [0.1, 0.15) is 0 Å². The highest BCUT2D eigenvalue weighted by atomic mass is 14.5. The van der Waals surface area contributed by atoms with Crippen LogP contribution in [-0.2, 0) is 0 Å². The Balaban J connectivity index is 1.74. The third-order valence-electron chi connectivity index (χ3n) is 6.06. The molecule has 0 unspecified atom stereocenters. The zero-order valence-electron chi connectivity index (χ0n) is 12.7. The summed E-state index contributed by atoms with van der Waals surface area (Å²) in [4.78, 5) is 0. The summed E-state index contributed by atoms with van der Waals surface area (Å²) in [5.74, 6) is 1.54. The van der Waals surface area contributed by atoms with Crippen molar-refractivity contribution in [1.29, 1.82) is 0 Å². The van der Waals surface area contributed by atoms with Gasteiger partial charge in [-0.1, -0.05) is 73.5 Å². The summed E-state index contributed by atoms with van der Waals surface area (Å²) in [7, 11) is 0. The maximum Gasteiger partial charge on any atom is -0.00995 e. The minimum absolute atomic E-state index is 0.530. The van der Waals surface area contributed by atoms with E-state index in [0.717, 1.165) is 11.8 Å². The Bertz CT molecular complexity index is 528. The molecule has 2 aliphatic carbocycles. The smallest absolute Gasteiger partial charge is 0.00995 e. The first-order valence-corrected chi connectivity index (χ1v) is 8.50. The monoisotopic (exact) mass is 276 g/mol. The minimum Gasteiger partial charge on any atom is -0.0622 e. The lowest BCUT2D eigenvalue weighted by Gasteiger charge is -2.38. The normalized spacial score (nSPS) is 27.2. The van der Waals surface area contributed by atoms with Gasteiger partial charge in [-0.3, -0.25) is 0 Å². The summed E-state index contributed by atoms with van der Waals surface area (Å²) in [6.07, 6.45) is 8.42. The summed E-state index contributed by atoms with van der Waals surface area (Å²) >= 11 is 0. The van der Waals surface area contributed by atoms with Crippen LogP contribution < -0.4 is 0 Å². The van der Waals surface area contributed by atoms with Gasteiger partial charge in [-0.05, 0) is 54.1 Å². The van der Waals surface area contributed by atoms with E-state index in [0.29, 0.717) is 5.41 Å². The van der Waals surface area contributed by atoms with Gasteiger partial charge in [0.15, 0.2) is 0 Å². The molecule has 2 aromatic rings. The summed E-state index contributed by atoms with van der Waals surface area (Å²) in [5, 5.41) is 0. The lowest BCUT2D eigenvalue weighted by molar-refractivity contribution is 0.231. The molecule has 0 heteroatoms. The summed E-state index contributed by atoms with van der Waals surface area (Å²) < 4.78 is 0. The molecule has 108 valence electrons. The Morgan fingerprint density at radius 2 is 1.05 bits per heavy atom. The fourth-order valence-corrected chi connectivity index (χ4v) is 5.28. The van der Waals surface area contributed by atoms with E-state index in [1.165, 1.54) is 38.5 Å². The SMILES string of the molecule is c1ccc([C@@H]2CCCC23CCC[C@H]3c2ccccc2)cc1. The van der Waals surface area contributed by atoms with E-state index in [1.807, 2.05) is 0 Å². The molecule has 2 aromatic carbocycles. The van der Waals surface area contributed by atoms with Crippen LogP contribution in [-0.4, -0.2) is 0 Å². The second kappa shape index (κ2) is 5.33. The van der Waals surface area contributed by atoms with Crippen LogP contribution in [0.3, 0.4) is 0 Å². The van der Waals surface area contributed by atoms with Gasteiger partial charge in [-0.25, -0.2) is 0 Å². The molecule has 0 amide bonds. The molecule has 1 spiro atoms. The van der Waals surface area contributed by atoms with Crippen molar-refractivity contribution >= 4 is 0 Å². The Kier molecular flexibility index (Phi) is 3.33. The van der Waals surface area contributed by atoms with Crippen molar-refractivity contribution in [2.45, 2.75) is 50.4 Å². The highest BCUT2D eigenvalue weighted by molar-refractivity contribution is 5.31. The van der Waals surface area contributed by atoms with Crippen LogP contribution in [0.1, 0.15) is 61.5 Å². The van der Waals surface area contributed by atoms with Gasteiger partial charge in [0, 0.05) is 0 Å². The van der Waals surface area contributed by atoms with E-state index in [4.69, 9.17) is 0 Å².